The van der Waals surface area contributed by atoms with Gasteiger partial charge in [0.1, 0.15) is 0 Å². The second kappa shape index (κ2) is 7.85. The normalized spacial score (nSPS) is 11.8. The van der Waals surface area contributed by atoms with Crippen molar-refractivity contribution in [3.63, 3.8) is 0 Å². The monoisotopic (exact) mass is 245 g/mol. The first-order valence-electron chi connectivity index (χ1n) is 2.66. The maximum Gasteiger partial charge on any atom is 2.00 e. The van der Waals surface area contributed by atoms with Gasteiger partial charge in [-0.05, 0) is 0 Å². The molecule has 0 spiro atoms. The van der Waals surface area contributed by atoms with Crippen molar-refractivity contribution in [3.05, 3.63) is 0 Å². The quantitative estimate of drug-likeness (QED) is 0.336. The van der Waals surface area contributed by atoms with E-state index in [9.17, 15) is 18.0 Å². The van der Waals surface area contributed by atoms with Crippen molar-refractivity contribution in [2.24, 2.45) is 0 Å². The van der Waals surface area contributed by atoms with E-state index < -0.39 is 33.7 Å². The van der Waals surface area contributed by atoms with Gasteiger partial charge in [0.25, 0.3) is 10.1 Å². The third-order valence-electron chi connectivity index (χ3n) is 0.995. The van der Waals surface area contributed by atoms with E-state index in [4.69, 9.17) is 14.8 Å². The van der Waals surface area contributed by atoms with Crippen LogP contribution in [0.2, 0.25) is 0 Å². The van der Waals surface area contributed by atoms with Gasteiger partial charge in [-0.15, -0.1) is 0 Å². The van der Waals surface area contributed by atoms with Gasteiger partial charge in [0, 0.05) is 0 Å². The molecule has 0 radical (unpaired) electrons. The molecular weight excluding hydrogens is 239 g/mol. The summed E-state index contributed by atoms with van der Waals surface area (Å²) in [5.41, 5.74) is 0. The van der Waals surface area contributed by atoms with Gasteiger partial charge in [-0.25, -0.2) is 0 Å². The minimum absolute atomic E-state index is 0. The van der Waals surface area contributed by atoms with Crippen molar-refractivity contribution in [3.8, 4) is 0 Å². The molecule has 0 heterocycles. The largest absolute Gasteiger partial charge is 2.00 e. The molecule has 1 atom stereocenters. The van der Waals surface area contributed by atoms with E-state index in [1.807, 2.05) is 0 Å². The molecule has 0 saturated heterocycles. The van der Waals surface area contributed by atoms with Crippen LogP contribution in [0.15, 0.2) is 0 Å². The molecule has 0 saturated carbocycles. The Balaban J connectivity index is -0.000000605. The molecule has 0 aliphatic carbocycles. The van der Waals surface area contributed by atoms with Gasteiger partial charge in [0.05, 0.1) is 6.42 Å². The molecule has 7 nitrogen and oxygen atoms in total. The van der Waals surface area contributed by atoms with Crippen LogP contribution >= 0.6 is 0 Å². The van der Waals surface area contributed by atoms with Crippen molar-refractivity contribution >= 4 is 45.1 Å². The first-order valence-corrected chi connectivity index (χ1v) is 4.16. The molecule has 0 fully saturated rings. The predicted octanol–water partition coefficient (Wildman–Crippen LogP) is -4.57. The number of hydrogen-bond donors (Lipinski definition) is 3. The van der Waals surface area contributed by atoms with Gasteiger partial charge in [-0.3, -0.25) is 14.1 Å². The second-order valence-corrected chi connectivity index (χ2v) is 3.54. The number of carbonyl (C=O) groups is 2. The van der Waals surface area contributed by atoms with Crippen molar-refractivity contribution in [2.45, 2.75) is 11.7 Å². The molecule has 1 unspecified atom stereocenters. The van der Waals surface area contributed by atoms with Crippen LogP contribution in [-0.4, -0.2) is 63.4 Å². The van der Waals surface area contributed by atoms with Crippen LogP contribution in [0.4, 0.5) is 0 Å². The standard InChI is InChI=1S/C4H6O7S.Mg.Na/c5-3(6)1-2(4(7)8)12(9,10)11;;/h2H,1H2,(H,5,6)(H,7,8)(H,9,10,11);;/q;+2;+1. The van der Waals surface area contributed by atoms with E-state index in [2.05, 4.69) is 0 Å². The summed E-state index contributed by atoms with van der Waals surface area (Å²) in [4.78, 5) is 20.0. The minimum Gasteiger partial charge on any atom is -0.481 e. The molecule has 0 bridgehead atoms. The Bertz CT molecular complexity index is 299. The van der Waals surface area contributed by atoms with Gasteiger partial charge < -0.3 is 10.2 Å². The number of hydrogen-bond acceptors (Lipinski definition) is 4. The van der Waals surface area contributed by atoms with Crippen molar-refractivity contribution in [1.29, 1.82) is 0 Å². The van der Waals surface area contributed by atoms with Crippen LogP contribution in [0.5, 0.6) is 0 Å². The molecule has 0 aromatic carbocycles. The summed E-state index contributed by atoms with van der Waals surface area (Å²) in [6.07, 6.45) is -1.16. The molecule has 0 aliphatic heterocycles. The van der Waals surface area contributed by atoms with Gasteiger partial charge in [0.2, 0.25) is 0 Å². The van der Waals surface area contributed by atoms with Crippen LogP contribution in [0.1, 0.15) is 6.42 Å². The minimum atomic E-state index is -4.84. The van der Waals surface area contributed by atoms with Gasteiger partial charge >= 0.3 is 64.5 Å². The van der Waals surface area contributed by atoms with Gasteiger partial charge in [0.15, 0.2) is 5.25 Å². The molecule has 14 heavy (non-hydrogen) atoms. The van der Waals surface area contributed by atoms with E-state index in [1.54, 1.807) is 0 Å². The van der Waals surface area contributed by atoms with E-state index in [0.29, 0.717) is 0 Å². The topological polar surface area (TPSA) is 129 Å². The van der Waals surface area contributed by atoms with E-state index in [0.717, 1.165) is 0 Å². The van der Waals surface area contributed by atoms with E-state index in [-0.39, 0.29) is 52.6 Å². The Kier molecular flexibility index (Phi) is 11.3. The fourth-order valence-corrected chi connectivity index (χ4v) is 1.09. The average Bonchev–Trinajstić information content (AvgIpc) is 1.79. The summed E-state index contributed by atoms with van der Waals surface area (Å²) >= 11 is 0. The van der Waals surface area contributed by atoms with Crippen LogP contribution < -0.4 is 29.6 Å². The summed E-state index contributed by atoms with van der Waals surface area (Å²) in [7, 11) is -4.84. The van der Waals surface area contributed by atoms with Crippen LogP contribution in [0.25, 0.3) is 0 Å². The van der Waals surface area contributed by atoms with Crippen molar-refractivity contribution in [2.75, 3.05) is 0 Å². The third kappa shape index (κ3) is 7.97. The number of carboxylic acids is 2. The van der Waals surface area contributed by atoms with Gasteiger partial charge in [-0.1, -0.05) is 0 Å². The SMILES string of the molecule is O=C(O)CC(C(=O)O)S(=O)(=O)O.[Mg+2].[Na+]. The maximum absolute atomic E-state index is 10.2. The summed E-state index contributed by atoms with van der Waals surface area (Å²) in [5.74, 6) is -3.50. The Morgan fingerprint density at radius 1 is 1.21 bits per heavy atom. The van der Waals surface area contributed by atoms with E-state index in [1.165, 1.54) is 0 Å². The number of aliphatic carboxylic acids is 2. The molecule has 0 aromatic rings. The fraction of sp³-hybridized carbons (Fsp3) is 0.500. The zero-order valence-electron chi connectivity index (χ0n) is 7.37. The van der Waals surface area contributed by atoms with Crippen molar-refractivity contribution in [1.82, 2.24) is 0 Å². The Labute approximate surface area is 118 Å². The molecule has 3 N–H and O–H groups in total. The van der Waals surface area contributed by atoms with Crippen molar-refractivity contribution < 1.29 is 62.3 Å². The second-order valence-electron chi connectivity index (χ2n) is 1.94. The zero-order valence-corrected chi connectivity index (χ0v) is 11.6. The zero-order chi connectivity index (χ0) is 9.94. The van der Waals surface area contributed by atoms with Gasteiger partial charge in [-0.2, -0.15) is 8.42 Å². The smallest absolute Gasteiger partial charge is 0.481 e. The average molecular weight is 245 g/mol. The first kappa shape index (κ1) is 20.1. The van der Waals surface area contributed by atoms with Crippen LogP contribution in [0, 0.1) is 0 Å². The predicted molar refractivity (Wildman–Crippen MR) is 41.0 cm³/mol. The summed E-state index contributed by atoms with van der Waals surface area (Å²) in [6.45, 7) is 0. The Hall–Kier alpha value is 0.616. The first-order chi connectivity index (χ1) is 5.25. The maximum atomic E-state index is 10.2. The summed E-state index contributed by atoms with van der Waals surface area (Å²) in [6, 6.07) is 0. The van der Waals surface area contributed by atoms with Crippen LogP contribution in [0.3, 0.4) is 0 Å². The molecule has 10 heteroatoms. The van der Waals surface area contributed by atoms with Crippen LogP contribution in [-0.2, 0) is 19.7 Å². The summed E-state index contributed by atoms with van der Waals surface area (Å²) < 4.78 is 28.7. The van der Waals surface area contributed by atoms with E-state index >= 15 is 0 Å². The molecular formula is C4H6MgNaO7S+3. The molecule has 70 valence electrons. The molecule has 0 rings (SSSR count). The molecule has 0 aromatic heterocycles. The molecule has 0 amide bonds. The fourth-order valence-electron chi connectivity index (χ4n) is 0.479. The number of rotatable bonds is 4. The number of carboxylic acid groups (broad SMARTS) is 2. The third-order valence-corrected chi connectivity index (χ3v) is 2.08. The summed E-state index contributed by atoms with van der Waals surface area (Å²) in [5, 5.41) is 13.9. The molecule has 0 aliphatic rings. The Morgan fingerprint density at radius 2 is 1.57 bits per heavy atom. The Morgan fingerprint density at radius 3 is 1.64 bits per heavy atom.